The number of allylic oxidation sites excluding steroid dienone is 1. The highest BCUT2D eigenvalue weighted by atomic mass is 16.5. The number of methoxy groups -OCH3 is 1. The minimum Gasteiger partial charge on any atom is -0.464 e. The fourth-order valence-electron chi connectivity index (χ4n) is 1.74. The maximum atomic E-state index is 11.4. The second kappa shape index (κ2) is 8.09. The maximum Gasteiger partial charge on any atom is 0.356 e. The molecule has 0 N–H and O–H groups in total. The van der Waals surface area contributed by atoms with Crippen molar-refractivity contribution < 1.29 is 14.1 Å². The molecule has 0 aliphatic carbocycles. The van der Waals surface area contributed by atoms with Crippen LogP contribution in [0, 0.1) is 0 Å². The Bertz CT molecular complexity index is 834. The summed E-state index contributed by atoms with van der Waals surface area (Å²) in [5.41, 5.74) is 2.23. The molecule has 25 heavy (non-hydrogen) atoms. The average molecular weight is 341 g/mol. The lowest BCUT2D eigenvalue weighted by atomic mass is 10.2. The Morgan fingerprint density at radius 1 is 1.32 bits per heavy atom. The van der Waals surface area contributed by atoms with Crippen molar-refractivity contribution in [2.75, 3.05) is 7.11 Å². The lowest BCUT2D eigenvalue weighted by Gasteiger charge is -1.99. The molecule has 2 heterocycles. The van der Waals surface area contributed by atoms with Gasteiger partial charge in [0.2, 0.25) is 11.7 Å². The predicted octanol–water partition coefficient (Wildman–Crippen LogP) is 3.07. The number of esters is 1. The fourth-order valence-corrected chi connectivity index (χ4v) is 1.74. The first-order chi connectivity index (χ1) is 11.9. The minimum atomic E-state index is -0.516. The molecular formula is C17H19N5O3. The molecule has 0 radical (unpaired) electrons. The molecule has 0 amide bonds. The number of aromatic nitrogens is 3. The normalized spacial score (nSPS) is 12.2. The summed E-state index contributed by atoms with van der Waals surface area (Å²) in [6.45, 7) is 9.40. The van der Waals surface area contributed by atoms with Crippen LogP contribution in [0.15, 0.2) is 45.1 Å². The van der Waals surface area contributed by atoms with E-state index in [0.29, 0.717) is 17.1 Å². The van der Waals surface area contributed by atoms with E-state index in [-0.39, 0.29) is 17.4 Å². The molecule has 0 aliphatic heterocycles. The van der Waals surface area contributed by atoms with E-state index in [9.17, 15) is 4.79 Å². The Morgan fingerprint density at radius 3 is 2.64 bits per heavy atom. The Labute approximate surface area is 145 Å². The number of aliphatic imine (C=N–C) groups is 2. The van der Waals surface area contributed by atoms with Crippen LogP contribution < -0.4 is 0 Å². The quantitative estimate of drug-likeness (QED) is 0.470. The van der Waals surface area contributed by atoms with Gasteiger partial charge >= 0.3 is 5.97 Å². The highest BCUT2D eigenvalue weighted by Gasteiger charge is 2.15. The summed E-state index contributed by atoms with van der Waals surface area (Å²) >= 11 is 0. The highest BCUT2D eigenvalue weighted by Crippen LogP contribution is 2.17. The van der Waals surface area contributed by atoms with Crippen molar-refractivity contribution >= 4 is 17.5 Å². The van der Waals surface area contributed by atoms with Crippen molar-refractivity contribution in [2.24, 2.45) is 9.98 Å². The van der Waals surface area contributed by atoms with Crippen LogP contribution in [0.5, 0.6) is 0 Å². The molecule has 8 nitrogen and oxygen atoms in total. The molecule has 0 saturated heterocycles. The fraction of sp³-hybridized carbons (Fsp3) is 0.294. The van der Waals surface area contributed by atoms with Gasteiger partial charge in [-0.3, -0.25) is 0 Å². The molecule has 8 heteroatoms. The Morgan fingerprint density at radius 2 is 2.08 bits per heavy atom. The van der Waals surface area contributed by atoms with Gasteiger partial charge < -0.3 is 9.26 Å². The first kappa shape index (κ1) is 18.2. The van der Waals surface area contributed by atoms with Crippen LogP contribution in [0.1, 0.15) is 43.5 Å². The number of carbonyl (C=O) groups is 1. The van der Waals surface area contributed by atoms with Crippen LogP contribution in [0.4, 0.5) is 0 Å². The summed E-state index contributed by atoms with van der Waals surface area (Å²) in [6, 6.07) is 3.17. The molecule has 0 aliphatic rings. The predicted molar refractivity (Wildman–Crippen MR) is 93.6 cm³/mol. The standard InChI is InChI=1S/C17H19N5O3/c1-6-11(4)20-14(19-10(2)3)15-21-16(25-22-15)12-7-8-13(18-9-12)17(23)24-5/h7-9H,2,6H2,1,3-5H3. The minimum absolute atomic E-state index is 0.193. The summed E-state index contributed by atoms with van der Waals surface area (Å²) in [5, 5.41) is 3.92. The summed E-state index contributed by atoms with van der Waals surface area (Å²) < 4.78 is 9.87. The van der Waals surface area contributed by atoms with Crippen LogP contribution in [-0.2, 0) is 4.74 Å². The van der Waals surface area contributed by atoms with Crippen molar-refractivity contribution in [3.63, 3.8) is 0 Å². The van der Waals surface area contributed by atoms with E-state index in [1.165, 1.54) is 19.4 Å². The lowest BCUT2D eigenvalue weighted by Crippen LogP contribution is -2.04. The Hall–Kier alpha value is -3.16. The van der Waals surface area contributed by atoms with Crippen molar-refractivity contribution in [3.05, 3.63) is 42.1 Å². The first-order valence-electron chi connectivity index (χ1n) is 7.61. The zero-order chi connectivity index (χ0) is 18.4. The number of pyridine rings is 1. The van der Waals surface area contributed by atoms with E-state index >= 15 is 0 Å². The molecule has 130 valence electrons. The third-order valence-electron chi connectivity index (χ3n) is 3.14. The maximum absolute atomic E-state index is 11.4. The van der Waals surface area contributed by atoms with Gasteiger partial charge in [-0.25, -0.2) is 19.8 Å². The number of rotatable bonds is 5. The highest BCUT2D eigenvalue weighted by molar-refractivity contribution is 6.04. The van der Waals surface area contributed by atoms with Crippen LogP contribution in [0.2, 0.25) is 0 Å². The third kappa shape index (κ3) is 4.66. The van der Waals surface area contributed by atoms with E-state index in [4.69, 9.17) is 4.52 Å². The van der Waals surface area contributed by atoms with Crippen LogP contribution in [0.25, 0.3) is 11.5 Å². The van der Waals surface area contributed by atoms with Crippen LogP contribution in [0.3, 0.4) is 0 Å². The molecular weight excluding hydrogens is 322 g/mol. The summed E-state index contributed by atoms with van der Waals surface area (Å²) in [6.07, 6.45) is 2.23. The molecule has 0 fully saturated rings. The monoisotopic (exact) mass is 341 g/mol. The number of hydrogen-bond donors (Lipinski definition) is 0. The largest absolute Gasteiger partial charge is 0.464 e. The zero-order valence-electron chi connectivity index (χ0n) is 14.6. The topological polar surface area (TPSA) is 103 Å². The Kier molecular flexibility index (Phi) is 5.89. The van der Waals surface area contributed by atoms with Crippen molar-refractivity contribution in [1.82, 2.24) is 15.1 Å². The number of hydrogen-bond acceptors (Lipinski definition) is 7. The molecule has 0 saturated carbocycles. The van der Waals surface area contributed by atoms with Gasteiger partial charge in [0.25, 0.3) is 5.89 Å². The number of ether oxygens (including phenoxy) is 1. The summed E-state index contributed by atoms with van der Waals surface area (Å²) in [4.78, 5) is 28.4. The molecule has 2 aromatic rings. The van der Waals surface area contributed by atoms with Gasteiger partial charge in [-0.05, 0) is 32.4 Å². The number of carbonyl (C=O) groups excluding carboxylic acids is 1. The zero-order valence-corrected chi connectivity index (χ0v) is 14.6. The van der Waals surface area contributed by atoms with Gasteiger partial charge in [-0.15, -0.1) is 0 Å². The van der Waals surface area contributed by atoms with Crippen molar-refractivity contribution in [2.45, 2.75) is 27.2 Å². The van der Waals surface area contributed by atoms with E-state index in [2.05, 4.69) is 36.4 Å². The van der Waals surface area contributed by atoms with Gasteiger partial charge in [0, 0.05) is 17.6 Å². The van der Waals surface area contributed by atoms with Gasteiger partial charge in [-0.2, -0.15) is 4.98 Å². The van der Waals surface area contributed by atoms with Gasteiger partial charge in [0.15, 0.2) is 0 Å². The van der Waals surface area contributed by atoms with Crippen LogP contribution >= 0.6 is 0 Å². The lowest BCUT2D eigenvalue weighted by molar-refractivity contribution is 0.0594. The van der Waals surface area contributed by atoms with Gasteiger partial charge in [0.05, 0.1) is 12.7 Å². The molecule has 0 aromatic carbocycles. The van der Waals surface area contributed by atoms with E-state index in [1.54, 1.807) is 13.0 Å². The second-order valence-electron chi connectivity index (χ2n) is 5.22. The average Bonchev–Trinajstić information content (AvgIpc) is 3.10. The first-order valence-corrected chi connectivity index (χ1v) is 7.61. The number of nitrogens with zero attached hydrogens (tertiary/aromatic N) is 5. The molecule has 0 spiro atoms. The molecule has 0 unspecified atom stereocenters. The molecule has 2 rings (SSSR count). The third-order valence-corrected chi connectivity index (χ3v) is 3.14. The summed E-state index contributed by atoms with van der Waals surface area (Å²) in [7, 11) is 1.30. The second-order valence-corrected chi connectivity index (χ2v) is 5.22. The van der Waals surface area contributed by atoms with E-state index in [1.807, 2.05) is 13.8 Å². The van der Waals surface area contributed by atoms with Gasteiger partial charge in [0.1, 0.15) is 5.69 Å². The van der Waals surface area contributed by atoms with Crippen molar-refractivity contribution in [3.8, 4) is 11.5 Å². The molecule has 0 bridgehead atoms. The number of amidine groups is 1. The van der Waals surface area contributed by atoms with E-state index < -0.39 is 5.97 Å². The van der Waals surface area contributed by atoms with Gasteiger partial charge in [-0.1, -0.05) is 18.7 Å². The smallest absolute Gasteiger partial charge is 0.356 e. The van der Waals surface area contributed by atoms with Crippen molar-refractivity contribution in [1.29, 1.82) is 0 Å². The summed E-state index contributed by atoms with van der Waals surface area (Å²) in [5.74, 6) is 0.319. The molecule has 0 atom stereocenters. The van der Waals surface area contributed by atoms with E-state index in [0.717, 1.165) is 12.1 Å². The van der Waals surface area contributed by atoms with Crippen LogP contribution in [-0.4, -0.2) is 39.8 Å². The molecule has 2 aromatic heterocycles. The SMILES string of the molecule is C=C(C)N=C(N=C(C)CC)c1noc(-c2ccc(C(=O)OC)nc2)n1. The Balaban J connectivity index is 2.34.